The zero-order chi connectivity index (χ0) is 19.7. The number of amidine groups is 1. The quantitative estimate of drug-likeness (QED) is 0.644. The summed E-state index contributed by atoms with van der Waals surface area (Å²) in [5, 5.41) is 10.2. The largest absolute Gasteiger partial charge is 0.325 e. The summed E-state index contributed by atoms with van der Waals surface area (Å²) in [4.78, 5) is 18.8. The molecule has 1 aliphatic heterocycles. The van der Waals surface area contributed by atoms with Gasteiger partial charge in [-0.1, -0.05) is 39.8 Å². The second-order valence-electron chi connectivity index (χ2n) is 6.40. The fraction of sp³-hybridized carbons (Fsp3) is 0.211. The predicted octanol–water partition coefficient (Wildman–Crippen LogP) is 3.78. The average molecular weight is 459 g/mol. The summed E-state index contributed by atoms with van der Waals surface area (Å²) in [6.45, 7) is 0. The van der Waals surface area contributed by atoms with Gasteiger partial charge in [-0.3, -0.25) is 14.4 Å². The first kappa shape index (κ1) is 18.8. The molecular formula is C19H19BrN6OS. The number of hydrogen-bond donors (Lipinski definition) is 1. The summed E-state index contributed by atoms with van der Waals surface area (Å²) in [6.07, 6.45) is 1.70. The molecule has 144 valence electrons. The number of imidazole rings is 1. The van der Waals surface area contributed by atoms with Crippen molar-refractivity contribution in [3.63, 3.8) is 0 Å². The van der Waals surface area contributed by atoms with Crippen molar-refractivity contribution >= 4 is 55.5 Å². The van der Waals surface area contributed by atoms with Crippen molar-refractivity contribution in [1.29, 1.82) is 0 Å². The Labute approximate surface area is 175 Å². The highest BCUT2D eigenvalue weighted by Gasteiger charge is 2.31. The summed E-state index contributed by atoms with van der Waals surface area (Å²) in [6, 6.07) is 15.5. The lowest BCUT2D eigenvalue weighted by molar-refractivity contribution is -0.113. The number of thioether (sulfide) groups is 1. The van der Waals surface area contributed by atoms with Crippen molar-refractivity contribution in [2.75, 3.05) is 25.2 Å². The molecule has 2 aromatic carbocycles. The van der Waals surface area contributed by atoms with Crippen molar-refractivity contribution in [3.8, 4) is 0 Å². The summed E-state index contributed by atoms with van der Waals surface area (Å²) >= 11 is 4.80. The number of para-hydroxylation sites is 2. The Morgan fingerprint density at radius 3 is 2.71 bits per heavy atom. The second kappa shape index (κ2) is 7.84. The van der Waals surface area contributed by atoms with Crippen LogP contribution in [0.5, 0.6) is 0 Å². The van der Waals surface area contributed by atoms with Gasteiger partial charge in [0.1, 0.15) is 0 Å². The van der Waals surface area contributed by atoms with Crippen molar-refractivity contribution in [2.24, 2.45) is 5.10 Å². The summed E-state index contributed by atoms with van der Waals surface area (Å²) in [7, 11) is 3.90. The topological polar surface area (TPSA) is 65.8 Å². The maximum atomic E-state index is 12.3. The van der Waals surface area contributed by atoms with E-state index >= 15 is 0 Å². The first-order valence-electron chi connectivity index (χ1n) is 8.67. The molecule has 2 heterocycles. The van der Waals surface area contributed by atoms with Crippen LogP contribution in [0.2, 0.25) is 0 Å². The van der Waals surface area contributed by atoms with Gasteiger partial charge in [0, 0.05) is 24.3 Å². The third-order valence-corrected chi connectivity index (χ3v) is 5.98. The van der Waals surface area contributed by atoms with E-state index in [4.69, 9.17) is 0 Å². The number of anilines is 1. The number of carbonyl (C=O) groups is 1. The highest BCUT2D eigenvalue weighted by atomic mass is 79.9. The molecule has 7 nitrogen and oxygen atoms in total. The number of amides is 1. The molecule has 1 aromatic heterocycles. The first-order valence-corrected chi connectivity index (χ1v) is 10.4. The van der Waals surface area contributed by atoms with Crippen LogP contribution in [-0.2, 0) is 4.79 Å². The molecule has 1 N–H and O–H groups in total. The summed E-state index contributed by atoms with van der Waals surface area (Å²) in [5.41, 5.74) is 2.76. The molecule has 1 amide bonds. The van der Waals surface area contributed by atoms with E-state index in [9.17, 15) is 4.79 Å². The maximum absolute atomic E-state index is 12.3. The van der Waals surface area contributed by atoms with Crippen LogP contribution in [0.4, 0.5) is 5.69 Å². The van der Waals surface area contributed by atoms with E-state index in [1.807, 2.05) is 78.9 Å². The first-order chi connectivity index (χ1) is 13.5. The molecule has 0 aliphatic carbocycles. The molecular weight excluding hydrogens is 440 g/mol. The Balaban J connectivity index is 1.41. The standard InChI is InChI=1S/C19H19BrN6OS/c1-24-18(28-11-17(27)22-14-9-7-13(20)8-10-14)23-25(2)19(24)26-12-21-15-5-3-4-6-16(15)26/h3-10,12,19H,11H2,1-2H3,(H,22,27). The summed E-state index contributed by atoms with van der Waals surface area (Å²) < 4.78 is 3.05. The van der Waals surface area contributed by atoms with Crippen LogP contribution in [0.25, 0.3) is 11.0 Å². The van der Waals surface area contributed by atoms with Gasteiger partial charge in [-0.05, 0) is 36.4 Å². The Bertz CT molecular complexity index is 1030. The van der Waals surface area contributed by atoms with E-state index in [1.54, 1.807) is 0 Å². The lowest BCUT2D eigenvalue weighted by atomic mass is 10.3. The van der Waals surface area contributed by atoms with E-state index in [-0.39, 0.29) is 17.9 Å². The lowest BCUT2D eigenvalue weighted by Crippen LogP contribution is -2.34. The zero-order valence-corrected chi connectivity index (χ0v) is 17.8. The SMILES string of the molecule is CN1N=C(SCC(=O)Nc2ccc(Br)cc2)N(C)C1n1cnc2ccccc21. The van der Waals surface area contributed by atoms with Gasteiger partial charge in [0.15, 0.2) is 5.17 Å². The second-order valence-corrected chi connectivity index (χ2v) is 8.26. The number of aromatic nitrogens is 2. The Morgan fingerprint density at radius 2 is 1.93 bits per heavy atom. The third kappa shape index (κ3) is 3.72. The highest BCUT2D eigenvalue weighted by Crippen LogP contribution is 2.30. The molecule has 0 saturated carbocycles. The van der Waals surface area contributed by atoms with Crippen LogP contribution < -0.4 is 5.32 Å². The molecule has 28 heavy (non-hydrogen) atoms. The molecule has 0 bridgehead atoms. The van der Waals surface area contributed by atoms with Crippen molar-refractivity contribution < 1.29 is 4.79 Å². The number of fused-ring (bicyclic) bond motifs is 1. The van der Waals surface area contributed by atoms with Crippen LogP contribution in [0, 0.1) is 0 Å². The number of benzene rings is 2. The van der Waals surface area contributed by atoms with Gasteiger partial charge < -0.3 is 10.2 Å². The molecule has 4 rings (SSSR count). The minimum Gasteiger partial charge on any atom is -0.325 e. The van der Waals surface area contributed by atoms with Crippen LogP contribution in [0.3, 0.4) is 0 Å². The number of nitrogens with zero attached hydrogens (tertiary/aromatic N) is 5. The number of hydrogen-bond acceptors (Lipinski definition) is 6. The molecule has 0 spiro atoms. The molecule has 1 atom stereocenters. The van der Waals surface area contributed by atoms with Gasteiger partial charge in [-0.15, -0.1) is 5.10 Å². The fourth-order valence-corrected chi connectivity index (χ4v) is 4.21. The number of carbonyl (C=O) groups excluding carboxylic acids is 1. The smallest absolute Gasteiger partial charge is 0.234 e. The van der Waals surface area contributed by atoms with Crippen molar-refractivity contribution in [1.82, 2.24) is 19.5 Å². The number of hydrazone groups is 1. The van der Waals surface area contributed by atoms with E-state index in [1.165, 1.54) is 11.8 Å². The van der Waals surface area contributed by atoms with E-state index < -0.39 is 0 Å². The van der Waals surface area contributed by atoms with Crippen molar-refractivity contribution in [3.05, 3.63) is 59.3 Å². The number of nitrogens with one attached hydrogen (secondary N) is 1. The molecule has 0 radical (unpaired) electrons. The molecule has 9 heteroatoms. The Morgan fingerprint density at radius 1 is 1.18 bits per heavy atom. The number of halogens is 1. The zero-order valence-electron chi connectivity index (χ0n) is 15.4. The minimum absolute atomic E-state index is 0.0670. The minimum atomic E-state index is -0.121. The van der Waals surface area contributed by atoms with E-state index in [0.29, 0.717) is 0 Å². The lowest BCUT2D eigenvalue weighted by Gasteiger charge is -2.27. The maximum Gasteiger partial charge on any atom is 0.234 e. The number of rotatable bonds is 4. The van der Waals surface area contributed by atoms with Gasteiger partial charge in [0.2, 0.25) is 12.2 Å². The molecule has 1 aliphatic rings. The molecule has 3 aromatic rings. The fourth-order valence-electron chi connectivity index (χ4n) is 3.13. The molecule has 0 saturated heterocycles. The Kier molecular flexibility index (Phi) is 5.27. The molecule has 0 fully saturated rings. The van der Waals surface area contributed by atoms with Crippen LogP contribution >= 0.6 is 27.7 Å². The van der Waals surface area contributed by atoms with Crippen molar-refractivity contribution in [2.45, 2.75) is 6.29 Å². The Hall–Kier alpha value is -2.52. The average Bonchev–Trinajstić information content (AvgIpc) is 3.22. The van der Waals surface area contributed by atoms with Crippen LogP contribution in [0.1, 0.15) is 6.29 Å². The predicted molar refractivity (Wildman–Crippen MR) is 117 cm³/mol. The molecule has 1 unspecified atom stereocenters. The van der Waals surface area contributed by atoms with E-state index in [0.717, 1.165) is 26.4 Å². The highest BCUT2D eigenvalue weighted by molar-refractivity contribution is 9.10. The van der Waals surface area contributed by atoms with Crippen LogP contribution in [-0.4, -0.2) is 50.4 Å². The van der Waals surface area contributed by atoms with Gasteiger partial charge >= 0.3 is 0 Å². The van der Waals surface area contributed by atoms with E-state index in [2.05, 4.69) is 35.9 Å². The van der Waals surface area contributed by atoms with Gasteiger partial charge in [-0.2, -0.15) is 0 Å². The monoisotopic (exact) mass is 458 g/mol. The van der Waals surface area contributed by atoms with Gasteiger partial charge in [0.05, 0.1) is 23.1 Å². The third-order valence-electron chi connectivity index (χ3n) is 4.42. The summed E-state index contributed by atoms with van der Waals surface area (Å²) in [5.74, 6) is 0.215. The van der Waals surface area contributed by atoms with Gasteiger partial charge in [-0.25, -0.2) is 4.98 Å². The van der Waals surface area contributed by atoms with Gasteiger partial charge in [0.25, 0.3) is 0 Å². The van der Waals surface area contributed by atoms with Crippen LogP contribution in [0.15, 0.2) is 64.4 Å². The normalized spacial score (nSPS) is 16.5.